The molecule has 1 aromatic heterocycles. The highest BCUT2D eigenvalue weighted by Gasteiger charge is 2.21. The minimum Gasteiger partial charge on any atom is -0.345 e. The number of rotatable bonds is 2. The molecule has 100 valence electrons. The Morgan fingerprint density at radius 1 is 1.21 bits per heavy atom. The summed E-state index contributed by atoms with van der Waals surface area (Å²) in [4.78, 5) is 8.33. The van der Waals surface area contributed by atoms with Gasteiger partial charge in [0.05, 0.1) is 5.69 Å². The molecule has 1 aliphatic heterocycles. The highest BCUT2D eigenvalue weighted by molar-refractivity contribution is 5.66. The SMILES string of the molecule is Cc1ccc(-c2nc(C3CCNC3)[nH]c2C)c(C)c1. The molecule has 0 radical (unpaired) electrons. The normalized spacial score (nSPS) is 19.0. The number of benzene rings is 1. The first-order chi connectivity index (χ1) is 9.15. The van der Waals surface area contributed by atoms with Gasteiger partial charge in [0.25, 0.3) is 0 Å². The molecule has 1 aromatic carbocycles. The zero-order chi connectivity index (χ0) is 13.4. The summed E-state index contributed by atoms with van der Waals surface area (Å²) in [6.45, 7) is 8.55. The Bertz CT molecular complexity index is 592. The monoisotopic (exact) mass is 255 g/mol. The fourth-order valence-electron chi connectivity index (χ4n) is 2.91. The third kappa shape index (κ3) is 2.30. The third-order valence-corrected chi connectivity index (χ3v) is 3.99. The molecule has 2 heterocycles. The molecule has 3 rings (SSSR count). The van der Waals surface area contributed by atoms with Gasteiger partial charge >= 0.3 is 0 Å². The Kier molecular flexibility index (Phi) is 3.15. The van der Waals surface area contributed by atoms with Gasteiger partial charge in [-0.3, -0.25) is 0 Å². The first kappa shape index (κ1) is 12.4. The largest absolute Gasteiger partial charge is 0.345 e. The van der Waals surface area contributed by atoms with Gasteiger partial charge in [0.2, 0.25) is 0 Å². The van der Waals surface area contributed by atoms with Crippen molar-refractivity contribution in [2.75, 3.05) is 13.1 Å². The number of aryl methyl sites for hydroxylation is 3. The Morgan fingerprint density at radius 2 is 2.05 bits per heavy atom. The van der Waals surface area contributed by atoms with Crippen molar-refractivity contribution in [1.82, 2.24) is 15.3 Å². The molecule has 19 heavy (non-hydrogen) atoms. The Labute approximate surface area is 114 Å². The van der Waals surface area contributed by atoms with Crippen LogP contribution in [0.4, 0.5) is 0 Å². The zero-order valence-electron chi connectivity index (χ0n) is 11.9. The summed E-state index contributed by atoms with van der Waals surface area (Å²) in [6, 6.07) is 6.57. The molecule has 0 spiro atoms. The summed E-state index contributed by atoms with van der Waals surface area (Å²) in [5.74, 6) is 1.68. The van der Waals surface area contributed by atoms with Gasteiger partial charge in [-0.2, -0.15) is 0 Å². The fourth-order valence-corrected chi connectivity index (χ4v) is 2.91. The second kappa shape index (κ2) is 4.82. The van der Waals surface area contributed by atoms with E-state index in [9.17, 15) is 0 Å². The van der Waals surface area contributed by atoms with E-state index in [0.29, 0.717) is 5.92 Å². The van der Waals surface area contributed by atoms with Crippen LogP contribution in [0, 0.1) is 20.8 Å². The maximum atomic E-state index is 4.86. The maximum Gasteiger partial charge on any atom is 0.111 e. The van der Waals surface area contributed by atoms with Crippen molar-refractivity contribution in [3.05, 3.63) is 40.8 Å². The van der Waals surface area contributed by atoms with Gasteiger partial charge in [-0.15, -0.1) is 0 Å². The van der Waals surface area contributed by atoms with Gasteiger partial charge in [-0.05, 0) is 39.3 Å². The Balaban J connectivity index is 2.00. The highest BCUT2D eigenvalue weighted by atomic mass is 15.0. The summed E-state index contributed by atoms with van der Waals surface area (Å²) in [7, 11) is 0. The number of nitrogens with one attached hydrogen (secondary N) is 2. The number of H-pyrrole nitrogens is 1. The summed E-state index contributed by atoms with van der Waals surface area (Å²) in [5.41, 5.74) is 6.13. The van der Waals surface area contributed by atoms with Crippen molar-refractivity contribution in [1.29, 1.82) is 0 Å². The predicted octanol–water partition coefficient (Wildman–Crippen LogP) is 3.08. The second-order valence-electron chi connectivity index (χ2n) is 5.60. The first-order valence-electron chi connectivity index (χ1n) is 7.00. The van der Waals surface area contributed by atoms with Crippen LogP contribution in [-0.2, 0) is 0 Å². The number of imidazole rings is 1. The van der Waals surface area contributed by atoms with E-state index in [0.717, 1.165) is 24.6 Å². The van der Waals surface area contributed by atoms with Gasteiger partial charge in [0.15, 0.2) is 0 Å². The number of hydrogen-bond acceptors (Lipinski definition) is 2. The molecular formula is C16H21N3. The van der Waals surface area contributed by atoms with Gasteiger partial charge in [0.1, 0.15) is 5.82 Å². The maximum absolute atomic E-state index is 4.86. The molecule has 3 nitrogen and oxygen atoms in total. The summed E-state index contributed by atoms with van der Waals surface area (Å²) < 4.78 is 0. The molecule has 1 fully saturated rings. The van der Waals surface area contributed by atoms with Crippen LogP contribution in [0.25, 0.3) is 11.3 Å². The molecule has 3 heteroatoms. The zero-order valence-corrected chi connectivity index (χ0v) is 11.9. The van der Waals surface area contributed by atoms with Crippen LogP contribution in [0.2, 0.25) is 0 Å². The van der Waals surface area contributed by atoms with Crippen molar-refractivity contribution in [2.24, 2.45) is 0 Å². The Morgan fingerprint density at radius 3 is 2.74 bits per heavy atom. The lowest BCUT2D eigenvalue weighted by Crippen LogP contribution is -2.08. The molecule has 0 bridgehead atoms. The quantitative estimate of drug-likeness (QED) is 0.866. The lowest BCUT2D eigenvalue weighted by atomic mass is 10.0. The molecule has 1 unspecified atom stereocenters. The van der Waals surface area contributed by atoms with E-state index in [4.69, 9.17) is 4.98 Å². The van der Waals surface area contributed by atoms with Crippen molar-refractivity contribution < 1.29 is 0 Å². The van der Waals surface area contributed by atoms with Crippen molar-refractivity contribution in [2.45, 2.75) is 33.1 Å². The number of aromatic amines is 1. The average molecular weight is 255 g/mol. The van der Waals surface area contributed by atoms with Crippen LogP contribution in [-0.4, -0.2) is 23.1 Å². The van der Waals surface area contributed by atoms with E-state index in [1.165, 1.54) is 28.8 Å². The van der Waals surface area contributed by atoms with Gasteiger partial charge in [-0.1, -0.05) is 23.8 Å². The smallest absolute Gasteiger partial charge is 0.111 e. The molecule has 1 aliphatic rings. The van der Waals surface area contributed by atoms with Crippen molar-refractivity contribution >= 4 is 0 Å². The van der Waals surface area contributed by atoms with Gasteiger partial charge < -0.3 is 10.3 Å². The lowest BCUT2D eigenvalue weighted by molar-refractivity contribution is 0.713. The Hall–Kier alpha value is -1.61. The molecule has 0 saturated carbocycles. The summed E-state index contributed by atoms with van der Waals surface area (Å²) in [5, 5.41) is 3.40. The van der Waals surface area contributed by atoms with Crippen LogP contribution in [0.5, 0.6) is 0 Å². The van der Waals surface area contributed by atoms with Gasteiger partial charge in [0, 0.05) is 23.7 Å². The van der Waals surface area contributed by atoms with Crippen LogP contribution in [0.15, 0.2) is 18.2 Å². The summed E-state index contributed by atoms with van der Waals surface area (Å²) in [6.07, 6.45) is 1.18. The van der Waals surface area contributed by atoms with Crippen molar-refractivity contribution in [3.63, 3.8) is 0 Å². The lowest BCUT2D eigenvalue weighted by Gasteiger charge is -2.05. The van der Waals surface area contributed by atoms with Crippen LogP contribution < -0.4 is 5.32 Å². The predicted molar refractivity (Wildman–Crippen MR) is 78.5 cm³/mol. The van der Waals surface area contributed by atoms with Crippen LogP contribution in [0.1, 0.15) is 35.0 Å². The minimum atomic E-state index is 0.540. The van der Waals surface area contributed by atoms with E-state index in [1.807, 2.05) is 0 Å². The number of hydrogen-bond donors (Lipinski definition) is 2. The van der Waals surface area contributed by atoms with E-state index < -0.39 is 0 Å². The minimum absolute atomic E-state index is 0.540. The molecule has 0 amide bonds. The second-order valence-corrected chi connectivity index (χ2v) is 5.60. The van der Waals surface area contributed by atoms with Gasteiger partial charge in [-0.25, -0.2) is 4.98 Å². The standard InChI is InChI=1S/C16H21N3/c1-10-4-5-14(11(2)8-10)15-12(3)18-16(19-15)13-6-7-17-9-13/h4-5,8,13,17H,6-7,9H2,1-3H3,(H,18,19). The molecular weight excluding hydrogens is 234 g/mol. The van der Waals surface area contributed by atoms with Crippen LogP contribution in [0.3, 0.4) is 0 Å². The average Bonchev–Trinajstić information content (AvgIpc) is 2.98. The molecule has 1 saturated heterocycles. The molecule has 2 N–H and O–H groups in total. The first-order valence-corrected chi connectivity index (χ1v) is 7.00. The highest BCUT2D eigenvalue weighted by Crippen LogP contribution is 2.28. The van der Waals surface area contributed by atoms with Crippen LogP contribution >= 0.6 is 0 Å². The topological polar surface area (TPSA) is 40.7 Å². The fraction of sp³-hybridized carbons (Fsp3) is 0.438. The molecule has 2 aromatic rings. The molecule has 0 aliphatic carbocycles. The van der Waals surface area contributed by atoms with Crippen molar-refractivity contribution in [3.8, 4) is 11.3 Å². The number of aromatic nitrogens is 2. The van der Waals surface area contributed by atoms with E-state index >= 15 is 0 Å². The number of nitrogens with zero attached hydrogens (tertiary/aromatic N) is 1. The third-order valence-electron chi connectivity index (χ3n) is 3.99. The van der Waals surface area contributed by atoms with E-state index in [2.05, 4.69) is 49.3 Å². The summed E-state index contributed by atoms with van der Waals surface area (Å²) >= 11 is 0. The van der Waals surface area contributed by atoms with E-state index in [-0.39, 0.29) is 0 Å². The molecule has 1 atom stereocenters. The van der Waals surface area contributed by atoms with E-state index in [1.54, 1.807) is 0 Å².